The fraction of sp³-hybridized carbons (Fsp3) is 0.409. The highest BCUT2D eigenvalue weighted by atomic mass is 32.2. The molecule has 1 saturated heterocycles. The lowest BCUT2D eigenvalue weighted by atomic mass is 10.1. The minimum atomic E-state index is -3.76. The fourth-order valence-electron chi connectivity index (χ4n) is 4.23. The van der Waals surface area contributed by atoms with Gasteiger partial charge in [-0.1, -0.05) is 24.2 Å². The molecular weight excluding hydrogens is 478 g/mol. The quantitative estimate of drug-likeness (QED) is 0.233. The molecule has 12 heteroatoms. The summed E-state index contributed by atoms with van der Waals surface area (Å²) in [6, 6.07) is 9.39. The van der Waals surface area contributed by atoms with Gasteiger partial charge in [-0.3, -0.25) is 0 Å². The highest BCUT2D eigenvalue weighted by molar-refractivity contribution is 7.89. The number of nitrogens with one attached hydrogen (secondary N) is 2. The third-order valence-corrected chi connectivity index (χ3v) is 9.91. The Kier molecular flexibility index (Phi) is 7.08. The summed E-state index contributed by atoms with van der Waals surface area (Å²) in [4.78, 5) is 0.186. The van der Waals surface area contributed by atoms with Crippen LogP contribution in [-0.4, -0.2) is 89.2 Å². The number of benzene rings is 2. The Morgan fingerprint density at radius 1 is 1.00 bits per heavy atom. The van der Waals surface area contributed by atoms with Crippen molar-refractivity contribution in [3.05, 3.63) is 47.5 Å². The van der Waals surface area contributed by atoms with E-state index in [4.69, 9.17) is 0 Å². The van der Waals surface area contributed by atoms with E-state index in [-0.39, 0.29) is 15.5 Å². The first-order valence-electron chi connectivity index (χ1n) is 11.1. The van der Waals surface area contributed by atoms with E-state index in [0.29, 0.717) is 61.5 Å². The minimum Gasteiger partial charge on any atom is -0.410 e. The van der Waals surface area contributed by atoms with Crippen LogP contribution in [0.1, 0.15) is 18.1 Å². The van der Waals surface area contributed by atoms with Gasteiger partial charge >= 0.3 is 0 Å². The zero-order chi connectivity index (χ0) is 24.5. The van der Waals surface area contributed by atoms with Gasteiger partial charge in [0.15, 0.2) is 0 Å². The number of nitrogens with zero attached hydrogens (tertiary/aromatic N) is 3. The lowest BCUT2D eigenvalue weighted by molar-refractivity contribution is 0.320. The first-order valence-corrected chi connectivity index (χ1v) is 14.0. The van der Waals surface area contributed by atoms with Gasteiger partial charge in [0.05, 0.1) is 9.79 Å². The van der Waals surface area contributed by atoms with Gasteiger partial charge in [0, 0.05) is 57.4 Å². The van der Waals surface area contributed by atoms with Crippen LogP contribution >= 0.6 is 0 Å². The number of piperazine rings is 1. The second-order valence-electron chi connectivity index (χ2n) is 8.20. The van der Waals surface area contributed by atoms with Gasteiger partial charge in [0.2, 0.25) is 20.0 Å². The normalized spacial score (nSPS) is 17.8. The lowest BCUT2D eigenvalue weighted by Crippen LogP contribution is -2.46. The molecule has 1 fully saturated rings. The lowest BCUT2D eigenvalue weighted by Gasteiger charge is -2.26. The molecular formula is C22H29N5O5S2. The molecule has 0 spiro atoms. The van der Waals surface area contributed by atoms with Crippen molar-refractivity contribution < 1.29 is 22.0 Å². The standard InChI is InChI=1S/C22H29N5O5S2/c1-3-23-8-11-26(2)33(29,30)16-4-6-18-19-7-5-17(15-21(19)22(25-28)20(18)14-16)34(31,32)27-12-9-24-10-13-27/h4-7,14-15,23-24,28H,3,8-13H2,1-2H3/b25-22+. The number of hydrogen-bond donors (Lipinski definition) is 3. The molecule has 4 rings (SSSR count). The van der Waals surface area contributed by atoms with Crippen LogP contribution in [0.4, 0.5) is 0 Å². The maximum absolute atomic E-state index is 13.1. The average Bonchev–Trinajstić information content (AvgIpc) is 3.16. The third-order valence-electron chi connectivity index (χ3n) is 6.16. The Bertz CT molecular complexity index is 1320. The van der Waals surface area contributed by atoms with E-state index in [9.17, 15) is 22.0 Å². The molecule has 2 aromatic rings. The molecule has 1 heterocycles. The second kappa shape index (κ2) is 9.72. The SMILES string of the molecule is CCNCCN(C)S(=O)(=O)c1ccc2c(c1)/C(=N\O)c1cc(S(=O)(=O)N3CCNCC3)ccc1-2. The number of rotatable bonds is 8. The van der Waals surface area contributed by atoms with E-state index in [1.165, 1.54) is 33.9 Å². The molecule has 184 valence electrons. The molecule has 1 aliphatic carbocycles. The number of oxime groups is 1. The van der Waals surface area contributed by atoms with Crippen LogP contribution in [-0.2, 0) is 20.0 Å². The van der Waals surface area contributed by atoms with E-state index in [1.807, 2.05) is 6.92 Å². The molecule has 3 N–H and O–H groups in total. The fourth-order valence-corrected chi connectivity index (χ4v) is 6.90. The minimum absolute atomic E-state index is 0.0767. The Balaban J connectivity index is 1.69. The number of likely N-dealkylation sites (N-methyl/N-ethyl adjacent to an activating group) is 2. The first-order chi connectivity index (χ1) is 16.2. The largest absolute Gasteiger partial charge is 0.410 e. The van der Waals surface area contributed by atoms with Crippen molar-refractivity contribution in [2.24, 2.45) is 5.16 Å². The highest BCUT2D eigenvalue weighted by Crippen LogP contribution is 2.39. The zero-order valence-corrected chi connectivity index (χ0v) is 20.8. The van der Waals surface area contributed by atoms with Crippen LogP contribution in [0.15, 0.2) is 51.3 Å². The molecule has 0 aromatic heterocycles. The second-order valence-corrected chi connectivity index (χ2v) is 12.2. The average molecular weight is 508 g/mol. The summed E-state index contributed by atoms with van der Waals surface area (Å²) in [5, 5.41) is 19.4. The summed E-state index contributed by atoms with van der Waals surface area (Å²) < 4.78 is 55.1. The zero-order valence-electron chi connectivity index (χ0n) is 19.2. The van der Waals surface area contributed by atoms with Crippen LogP contribution in [0, 0.1) is 0 Å². The summed E-state index contributed by atoms with van der Waals surface area (Å²) in [7, 11) is -5.95. The molecule has 0 bridgehead atoms. The van der Waals surface area contributed by atoms with Crippen molar-refractivity contribution in [1.29, 1.82) is 0 Å². The molecule has 2 aromatic carbocycles. The van der Waals surface area contributed by atoms with Gasteiger partial charge in [0.1, 0.15) is 5.71 Å². The van der Waals surface area contributed by atoms with E-state index in [0.717, 1.165) is 6.54 Å². The van der Waals surface area contributed by atoms with Gasteiger partial charge < -0.3 is 15.8 Å². The molecule has 0 saturated carbocycles. The summed E-state index contributed by atoms with van der Waals surface area (Å²) in [5.41, 5.74) is 2.41. The van der Waals surface area contributed by atoms with Crippen LogP contribution in [0.2, 0.25) is 0 Å². The summed E-state index contributed by atoms with van der Waals surface area (Å²) in [6.45, 7) is 5.44. The van der Waals surface area contributed by atoms with Crippen molar-refractivity contribution in [3.8, 4) is 11.1 Å². The monoisotopic (exact) mass is 507 g/mol. The Labute approximate surface area is 200 Å². The first kappa shape index (κ1) is 24.8. The van der Waals surface area contributed by atoms with Crippen LogP contribution in [0.3, 0.4) is 0 Å². The maximum Gasteiger partial charge on any atom is 0.243 e. The molecule has 34 heavy (non-hydrogen) atoms. The molecule has 2 aliphatic rings. The number of hydrogen-bond acceptors (Lipinski definition) is 8. The van der Waals surface area contributed by atoms with Gasteiger partial charge in [-0.05, 0) is 41.9 Å². The Hall–Kier alpha value is -2.35. The smallest absolute Gasteiger partial charge is 0.243 e. The summed E-state index contributed by atoms with van der Waals surface area (Å²) in [5.74, 6) is 0. The number of fused-ring (bicyclic) bond motifs is 3. The summed E-state index contributed by atoms with van der Waals surface area (Å²) in [6.07, 6.45) is 0. The van der Waals surface area contributed by atoms with Crippen LogP contribution in [0.5, 0.6) is 0 Å². The molecule has 0 atom stereocenters. The topological polar surface area (TPSA) is 131 Å². The van der Waals surface area contributed by atoms with Gasteiger partial charge in [-0.2, -0.15) is 8.61 Å². The van der Waals surface area contributed by atoms with E-state index < -0.39 is 20.0 Å². The third kappa shape index (κ3) is 4.37. The number of sulfonamides is 2. The van der Waals surface area contributed by atoms with E-state index >= 15 is 0 Å². The molecule has 0 radical (unpaired) electrons. The molecule has 0 unspecified atom stereocenters. The molecule has 1 aliphatic heterocycles. The van der Waals surface area contributed by atoms with Gasteiger partial charge in [-0.25, -0.2) is 16.8 Å². The van der Waals surface area contributed by atoms with Crippen molar-refractivity contribution in [1.82, 2.24) is 19.2 Å². The predicted octanol–water partition coefficient (Wildman–Crippen LogP) is 0.718. The van der Waals surface area contributed by atoms with E-state index in [2.05, 4.69) is 15.8 Å². The van der Waals surface area contributed by atoms with E-state index in [1.54, 1.807) is 18.2 Å². The van der Waals surface area contributed by atoms with Crippen LogP contribution in [0.25, 0.3) is 11.1 Å². The van der Waals surface area contributed by atoms with Crippen molar-refractivity contribution in [2.45, 2.75) is 16.7 Å². The maximum atomic E-state index is 13.1. The summed E-state index contributed by atoms with van der Waals surface area (Å²) >= 11 is 0. The Morgan fingerprint density at radius 3 is 2.18 bits per heavy atom. The van der Waals surface area contributed by atoms with Gasteiger partial charge in [-0.15, -0.1) is 0 Å². The van der Waals surface area contributed by atoms with Crippen LogP contribution < -0.4 is 10.6 Å². The predicted molar refractivity (Wildman–Crippen MR) is 129 cm³/mol. The van der Waals surface area contributed by atoms with Crippen molar-refractivity contribution >= 4 is 25.8 Å². The Morgan fingerprint density at radius 2 is 1.59 bits per heavy atom. The highest BCUT2D eigenvalue weighted by Gasteiger charge is 2.32. The molecule has 0 amide bonds. The van der Waals surface area contributed by atoms with Crippen molar-refractivity contribution in [3.63, 3.8) is 0 Å². The van der Waals surface area contributed by atoms with Gasteiger partial charge in [0.25, 0.3) is 0 Å². The van der Waals surface area contributed by atoms with Crippen molar-refractivity contribution in [2.75, 3.05) is 52.9 Å². The molecule has 10 nitrogen and oxygen atoms in total.